The highest BCUT2D eigenvalue weighted by molar-refractivity contribution is 7.89. The molecule has 0 bridgehead atoms. The molecule has 1 saturated heterocycles. The lowest BCUT2D eigenvalue weighted by molar-refractivity contribution is 0.136. The first-order valence-corrected chi connectivity index (χ1v) is 11.3. The van der Waals surface area contributed by atoms with Crippen molar-refractivity contribution in [3.8, 4) is 11.5 Å². The molecule has 2 aromatic carbocycles. The molecule has 152 valence electrons. The average Bonchev–Trinajstić information content (AvgIpc) is 2.75. The van der Waals surface area contributed by atoms with Crippen LogP contribution in [0.1, 0.15) is 19.8 Å². The highest BCUT2D eigenvalue weighted by Gasteiger charge is 2.32. The topological polar surface area (TPSA) is 68.7 Å². The van der Waals surface area contributed by atoms with Crippen LogP contribution < -0.4 is 9.47 Å². The molecule has 0 spiro atoms. The highest BCUT2D eigenvalue weighted by Crippen LogP contribution is 2.30. The van der Waals surface area contributed by atoms with Crippen LogP contribution in [0.2, 0.25) is 0 Å². The van der Waals surface area contributed by atoms with Gasteiger partial charge in [-0.15, -0.1) is 0 Å². The van der Waals surface area contributed by atoms with E-state index in [9.17, 15) is 8.42 Å². The average molecular weight is 413 g/mol. The van der Waals surface area contributed by atoms with E-state index in [1.165, 1.54) is 4.31 Å². The Morgan fingerprint density at radius 2 is 1.72 bits per heavy atom. The lowest BCUT2D eigenvalue weighted by Gasteiger charge is -2.31. The summed E-state index contributed by atoms with van der Waals surface area (Å²) in [5, 5.41) is 1.03. The summed E-state index contributed by atoms with van der Waals surface area (Å²) in [6, 6.07) is 16.6. The number of piperidine rings is 1. The summed E-state index contributed by atoms with van der Waals surface area (Å²) in [6.45, 7) is 3.08. The fraction of sp³-hybridized carbons (Fsp3) is 0.318. The summed E-state index contributed by atoms with van der Waals surface area (Å²) in [7, 11) is -3.61. The zero-order valence-corrected chi connectivity index (χ0v) is 17.1. The third kappa shape index (κ3) is 4.06. The van der Waals surface area contributed by atoms with Crippen molar-refractivity contribution in [1.82, 2.24) is 9.29 Å². The maximum atomic E-state index is 13.1. The summed E-state index contributed by atoms with van der Waals surface area (Å²) in [5.41, 5.74) is 0.829. The minimum Gasteiger partial charge on any atom is -0.492 e. The van der Waals surface area contributed by atoms with Crippen LogP contribution in [0.5, 0.6) is 11.5 Å². The number of ether oxygens (including phenoxy) is 2. The molecule has 1 aliphatic rings. The number of pyridine rings is 1. The molecule has 0 aliphatic carbocycles. The molecule has 1 fully saturated rings. The van der Waals surface area contributed by atoms with Crippen LogP contribution in [0.15, 0.2) is 65.7 Å². The van der Waals surface area contributed by atoms with Crippen LogP contribution in [0, 0.1) is 0 Å². The summed E-state index contributed by atoms with van der Waals surface area (Å²) in [6.07, 6.45) is 2.95. The molecule has 3 aromatic rings. The van der Waals surface area contributed by atoms with Crippen molar-refractivity contribution in [2.24, 2.45) is 0 Å². The summed E-state index contributed by atoms with van der Waals surface area (Å²) >= 11 is 0. The third-order valence-electron chi connectivity index (χ3n) is 5.06. The van der Waals surface area contributed by atoms with Gasteiger partial charge in [0.15, 0.2) is 0 Å². The van der Waals surface area contributed by atoms with Crippen molar-refractivity contribution >= 4 is 20.9 Å². The summed E-state index contributed by atoms with van der Waals surface area (Å²) in [4.78, 5) is 4.64. The second-order valence-corrected chi connectivity index (χ2v) is 8.84. The molecule has 1 aromatic heterocycles. The molecule has 0 radical (unpaired) electrons. The van der Waals surface area contributed by atoms with Gasteiger partial charge in [-0.05, 0) is 44.0 Å². The zero-order valence-electron chi connectivity index (χ0n) is 16.3. The van der Waals surface area contributed by atoms with Gasteiger partial charge in [-0.25, -0.2) is 8.42 Å². The lowest BCUT2D eigenvalue weighted by atomic mass is 10.1. The molecule has 0 atom stereocenters. The molecule has 29 heavy (non-hydrogen) atoms. The molecule has 0 N–H and O–H groups in total. The van der Waals surface area contributed by atoms with Crippen LogP contribution >= 0.6 is 0 Å². The highest BCUT2D eigenvalue weighted by atomic mass is 32.2. The Labute approximate surface area is 171 Å². The van der Waals surface area contributed by atoms with Gasteiger partial charge in [0.1, 0.15) is 28.0 Å². The van der Waals surface area contributed by atoms with Gasteiger partial charge >= 0.3 is 0 Å². The van der Waals surface area contributed by atoms with Crippen molar-refractivity contribution in [3.05, 3.63) is 60.8 Å². The Morgan fingerprint density at radius 3 is 2.52 bits per heavy atom. The number of hydrogen-bond acceptors (Lipinski definition) is 5. The van der Waals surface area contributed by atoms with E-state index in [4.69, 9.17) is 9.47 Å². The number of fused-ring (bicyclic) bond motifs is 1. The normalized spacial score (nSPS) is 16.0. The fourth-order valence-corrected chi connectivity index (χ4v) is 5.22. The van der Waals surface area contributed by atoms with E-state index < -0.39 is 10.0 Å². The number of para-hydroxylation sites is 2. The Morgan fingerprint density at radius 1 is 1.00 bits per heavy atom. The maximum Gasteiger partial charge on any atom is 0.246 e. The number of rotatable bonds is 6. The van der Waals surface area contributed by atoms with E-state index in [0.717, 1.165) is 16.7 Å². The first-order chi connectivity index (χ1) is 14.1. The molecule has 2 heterocycles. The van der Waals surface area contributed by atoms with Gasteiger partial charge in [0.05, 0.1) is 6.61 Å². The number of aromatic nitrogens is 1. The Kier molecular flexibility index (Phi) is 5.69. The Balaban J connectivity index is 1.47. The van der Waals surface area contributed by atoms with Crippen molar-refractivity contribution in [2.75, 3.05) is 19.7 Å². The van der Waals surface area contributed by atoms with Gasteiger partial charge in [0.2, 0.25) is 10.0 Å². The molecule has 0 amide bonds. The lowest BCUT2D eigenvalue weighted by Crippen LogP contribution is -2.41. The largest absolute Gasteiger partial charge is 0.492 e. The predicted octanol–water partition coefficient (Wildman–Crippen LogP) is 3.87. The van der Waals surface area contributed by atoms with E-state index in [1.807, 2.05) is 37.3 Å². The smallest absolute Gasteiger partial charge is 0.246 e. The Hall–Kier alpha value is -2.64. The number of nitrogens with zero attached hydrogens (tertiary/aromatic N) is 2. The fourth-order valence-electron chi connectivity index (χ4n) is 3.62. The van der Waals surface area contributed by atoms with E-state index in [-0.39, 0.29) is 11.0 Å². The van der Waals surface area contributed by atoms with Crippen LogP contribution in [0.4, 0.5) is 0 Å². The van der Waals surface area contributed by atoms with Gasteiger partial charge < -0.3 is 9.47 Å². The van der Waals surface area contributed by atoms with Gasteiger partial charge in [-0.3, -0.25) is 4.98 Å². The van der Waals surface area contributed by atoms with E-state index in [1.54, 1.807) is 30.5 Å². The molecular weight excluding hydrogens is 388 g/mol. The predicted molar refractivity (Wildman–Crippen MR) is 112 cm³/mol. The number of hydrogen-bond donors (Lipinski definition) is 0. The number of benzene rings is 2. The minimum absolute atomic E-state index is 0.0452. The summed E-state index contributed by atoms with van der Waals surface area (Å²) < 4.78 is 39.5. The van der Waals surface area contributed by atoms with Crippen molar-refractivity contribution in [1.29, 1.82) is 0 Å². The molecule has 7 heteroatoms. The first-order valence-electron chi connectivity index (χ1n) is 9.82. The second kappa shape index (κ2) is 8.39. The quantitative estimate of drug-likeness (QED) is 0.615. The maximum absolute atomic E-state index is 13.1. The van der Waals surface area contributed by atoms with Crippen LogP contribution in [-0.4, -0.2) is 43.5 Å². The van der Waals surface area contributed by atoms with Gasteiger partial charge in [0.25, 0.3) is 0 Å². The van der Waals surface area contributed by atoms with Crippen LogP contribution in [0.3, 0.4) is 0 Å². The molecule has 1 aliphatic heterocycles. The molecule has 0 saturated carbocycles. The number of sulfonamides is 1. The monoisotopic (exact) mass is 412 g/mol. The molecule has 6 nitrogen and oxygen atoms in total. The van der Waals surface area contributed by atoms with Crippen LogP contribution in [0.25, 0.3) is 10.9 Å². The standard InChI is InChI=1S/C22H24N2O4S/c1-2-27-19-9-3-4-11-21(19)29(25,26)24-15-12-18(13-16-24)28-20-10-5-7-17-8-6-14-23-22(17)20/h3-11,14,18H,2,12-13,15-16H2,1H3. The third-order valence-corrected chi connectivity index (χ3v) is 7.00. The molecule has 0 unspecified atom stereocenters. The molecule has 4 rings (SSSR count). The van der Waals surface area contributed by atoms with E-state index in [2.05, 4.69) is 4.98 Å². The summed E-state index contributed by atoms with van der Waals surface area (Å²) in [5.74, 6) is 1.14. The van der Waals surface area contributed by atoms with Crippen molar-refractivity contribution < 1.29 is 17.9 Å². The SMILES string of the molecule is CCOc1ccccc1S(=O)(=O)N1CCC(Oc2cccc3cccnc23)CC1. The zero-order chi connectivity index (χ0) is 20.3. The van der Waals surface area contributed by atoms with Gasteiger partial charge in [-0.2, -0.15) is 4.31 Å². The first kappa shape index (κ1) is 19.7. The van der Waals surface area contributed by atoms with Gasteiger partial charge in [-0.1, -0.05) is 30.3 Å². The van der Waals surface area contributed by atoms with Crippen molar-refractivity contribution in [2.45, 2.75) is 30.8 Å². The molecular formula is C22H24N2O4S. The van der Waals surface area contributed by atoms with E-state index in [0.29, 0.717) is 38.3 Å². The van der Waals surface area contributed by atoms with Crippen LogP contribution in [-0.2, 0) is 10.0 Å². The second-order valence-electron chi connectivity index (χ2n) is 6.93. The van der Waals surface area contributed by atoms with E-state index >= 15 is 0 Å². The minimum atomic E-state index is -3.61. The van der Waals surface area contributed by atoms with Crippen molar-refractivity contribution in [3.63, 3.8) is 0 Å². The van der Waals surface area contributed by atoms with Gasteiger partial charge in [0, 0.05) is 24.7 Å². The Bertz CT molecular complexity index is 1090.